The highest BCUT2D eigenvalue weighted by atomic mass is 16.4. The minimum Gasteiger partial charge on any atom is -0.481 e. The fourth-order valence-electron chi connectivity index (χ4n) is 4.53. The summed E-state index contributed by atoms with van der Waals surface area (Å²) in [6.07, 6.45) is 5.87. The lowest BCUT2D eigenvalue weighted by Crippen LogP contribution is -2.35. The first-order chi connectivity index (χ1) is 16.0. The zero-order chi connectivity index (χ0) is 23.2. The second-order valence-electron chi connectivity index (χ2n) is 9.05. The molecule has 2 aromatic carbocycles. The Labute approximate surface area is 194 Å². The van der Waals surface area contributed by atoms with Crippen molar-refractivity contribution < 1.29 is 14.7 Å². The zero-order valence-corrected chi connectivity index (χ0v) is 19.1. The average molecular weight is 449 g/mol. The summed E-state index contributed by atoms with van der Waals surface area (Å²) in [6, 6.07) is 14.3. The molecule has 0 aliphatic carbocycles. The molecule has 1 aromatic heterocycles. The number of nitrogens with zero attached hydrogens (tertiary/aromatic N) is 2. The minimum atomic E-state index is -0.767. The lowest BCUT2D eigenvalue weighted by Gasteiger charge is -2.19. The molecule has 0 unspecified atom stereocenters. The number of likely N-dealkylation sites (tertiary alicyclic amines) is 1. The van der Waals surface area contributed by atoms with Crippen LogP contribution in [0.4, 0.5) is 0 Å². The summed E-state index contributed by atoms with van der Waals surface area (Å²) in [6.45, 7) is 1.71. The Bertz CT molecular complexity index is 1110. The van der Waals surface area contributed by atoms with Gasteiger partial charge in [0.05, 0.1) is 23.9 Å². The monoisotopic (exact) mass is 448 g/mol. The van der Waals surface area contributed by atoms with E-state index in [9.17, 15) is 9.59 Å². The van der Waals surface area contributed by atoms with Crippen molar-refractivity contribution >= 4 is 22.6 Å². The molecule has 0 spiro atoms. The predicted molar refractivity (Wildman–Crippen MR) is 129 cm³/mol. The standard InChI is InChI=1S/C26H32N4O3/c1-30-14-13-21(17-30)26(33)29-22(9-3-2-4-10-24(31)32)25-27-16-23(28-25)20-12-11-18-7-5-6-8-19(18)15-20/h5-8,11-12,15-16,21-22H,2-4,9-10,13-14,17H2,1H3,(H,27,28)(H,29,33)(H,31,32)/t21-,22-/m0/s1. The Balaban J connectivity index is 1.48. The Hall–Kier alpha value is -3.19. The Morgan fingerprint density at radius 1 is 1.18 bits per heavy atom. The van der Waals surface area contributed by atoms with Gasteiger partial charge in [0.1, 0.15) is 5.82 Å². The van der Waals surface area contributed by atoms with Crippen molar-refractivity contribution in [3.05, 3.63) is 54.5 Å². The summed E-state index contributed by atoms with van der Waals surface area (Å²) in [5.41, 5.74) is 1.97. The van der Waals surface area contributed by atoms with E-state index in [-0.39, 0.29) is 24.3 Å². The van der Waals surface area contributed by atoms with Gasteiger partial charge in [0.15, 0.2) is 0 Å². The minimum absolute atomic E-state index is 0.000527. The molecule has 2 atom stereocenters. The molecular formula is C26H32N4O3. The van der Waals surface area contributed by atoms with Crippen molar-refractivity contribution in [3.63, 3.8) is 0 Å². The molecule has 1 aliphatic heterocycles. The Kier molecular flexibility index (Phi) is 7.40. The molecule has 174 valence electrons. The van der Waals surface area contributed by atoms with Crippen molar-refractivity contribution in [1.29, 1.82) is 0 Å². The van der Waals surface area contributed by atoms with Crippen LogP contribution in [0.1, 0.15) is 50.4 Å². The van der Waals surface area contributed by atoms with Crippen molar-refractivity contribution in [2.24, 2.45) is 5.92 Å². The van der Waals surface area contributed by atoms with Crippen molar-refractivity contribution in [1.82, 2.24) is 20.2 Å². The predicted octanol–water partition coefficient (Wildman–Crippen LogP) is 4.37. The quantitative estimate of drug-likeness (QED) is 0.400. The number of fused-ring (bicyclic) bond motifs is 1. The number of aliphatic carboxylic acids is 1. The molecule has 33 heavy (non-hydrogen) atoms. The number of hydrogen-bond acceptors (Lipinski definition) is 4. The third kappa shape index (κ3) is 5.99. The smallest absolute Gasteiger partial charge is 0.303 e. The molecule has 3 aromatic rings. The van der Waals surface area contributed by atoms with Gasteiger partial charge in [0.2, 0.25) is 5.91 Å². The van der Waals surface area contributed by atoms with Gasteiger partial charge >= 0.3 is 5.97 Å². The maximum Gasteiger partial charge on any atom is 0.303 e. The van der Waals surface area contributed by atoms with E-state index in [1.54, 1.807) is 0 Å². The number of nitrogens with one attached hydrogen (secondary N) is 2. The second kappa shape index (κ2) is 10.6. The van der Waals surface area contributed by atoms with Crippen LogP contribution >= 0.6 is 0 Å². The molecule has 1 saturated heterocycles. The summed E-state index contributed by atoms with van der Waals surface area (Å²) in [7, 11) is 2.04. The van der Waals surface area contributed by atoms with Crippen molar-refractivity contribution in [3.8, 4) is 11.3 Å². The SMILES string of the molecule is CN1CC[C@H](C(=O)N[C@@H](CCCCCC(=O)O)c2ncc(-c3ccc4ccccc4c3)[nH]2)C1. The molecule has 0 radical (unpaired) electrons. The average Bonchev–Trinajstić information content (AvgIpc) is 3.47. The molecule has 0 saturated carbocycles. The molecular weight excluding hydrogens is 416 g/mol. The molecule has 4 rings (SSSR count). The van der Waals surface area contributed by atoms with E-state index >= 15 is 0 Å². The molecule has 1 aliphatic rings. The number of aromatic amines is 1. The number of carboxylic acids is 1. The van der Waals surface area contributed by atoms with Gasteiger partial charge in [-0.25, -0.2) is 4.98 Å². The number of rotatable bonds is 10. The van der Waals surface area contributed by atoms with Gasteiger partial charge in [0.25, 0.3) is 0 Å². The van der Waals surface area contributed by atoms with Gasteiger partial charge in [-0.2, -0.15) is 0 Å². The molecule has 3 N–H and O–H groups in total. The number of carbonyl (C=O) groups is 2. The molecule has 7 nitrogen and oxygen atoms in total. The summed E-state index contributed by atoms with van der Waals surface area (Å²) >= 11 is 0. The van der Waals surface area contributed by atoms with Gasteiger partial charge in [-0.05, 0) is 49.7 Å². The highest BCUT2D eigenvalue weighted by Gasteiger charge is 2.28. The first kappa shape index (κ1) is 23.0. The summed E-state index contributed by atoms with van der Waals surface area (Å²) < 4.78 is 0. The second-order valence-corrected chi connectivity index (χ2v) is 9.05. The number of benzene rings is 2. The van der Waals surface area contributed by atoms with Crippen LogP contribution in [0.2, 0.25) is 0 Å². The van der Waals surface area contributed by atoms with Crippen LogP contribution in [0, 0.1) is 5.92 Å². The number of hydrogen-bond donors (Lipinski definition) is 3. The van der Waals surface area contributed by atoms with E-state index in [0.717, 1.165) is 55.9 Å². The van der Waals surface area contributed by atoms with E-state index in [4.69, 9.17) is 5.11 Å². The number of carbonyl (C=O) groups excluding carboxylic acids is 1. The number of amides is 1. The van der Waals surface area contributed by atoms with E-state index in [1.807, 2.05) is 25.4 Å². The van der Waals surface area contributed by atoms with Gasteiger partial charge in [-0.3, -0.25) is 9.59 Å². The van der Waals surface area contributed by atoms with Crippen LogP contribution in [0.3, 0.4) is 0 Å². The first-order valence-electron chi connectivity index (χ1n) is 11.7. The highest BCUT2D eigenvalue weighted by molar-refractivity contribution is 5.86. The summed E-state index contributed by atoms with van der Waals surface area (Å²) in [5.74, 6) is 0.0466. The fraction of sp³-hybridized carbons (Fsp3) is 0.423. The lowest BCUT2D eigenvalue weighted by molar-refractivity contribution is -0.137. The van der Waals surface area contributed by atoms with Crippen molar-refractivity contribution in [2.45, 2.75) is 44.6 Å². The van der Waals surface area contributed by atoms with Gasteiger partial charge in [-0.1, -0.05) is 49.2 Å². The lowest BCUT2D eigenvalue weighted by atomic mass is 10.0. The molecule has 2 heterocycles. The number of unbranched alkanes of at least 4 members (excludes halogenated alkanes) is 2. The van der Waals surface area contributed by atoms with Crippen LogP contribution in [-0.4, -0.2) is 52.0 Å². The van der Waals surface area contributed by atoms with E-state index in [2.05, 4.69) is 50.5 Å². The summed E-state index contributed by atoms with van der Waals surface area (Å²) in [5, 5.41) is 14.4. The van der Waals surface area contributed by atoms with E-state index in [1.165, 1.54) is 10.8 Å². The van der Waals surface area contributed by atoms with Crippen molar-refractivity contribution in [2.75, 3.05) is 20.1 Å². The van der Waals surface area contributed by atoms with Crippen LogP contribution in [0.25, 0.3) is 22.0 Å². The Morgan fingerprint density at radius 3 is 2.76 bits per heavy atom. The fourth-order valence-corrected chi connectivity index (χ4v) is 4.53. The van der Waals surface area contributed by atoms with E-state index in [0.29, 0.717) is 6.42 Å². The number of imidazole rings is 1. The van der Waals surface area contributed by atoms with Gasteiger partial charge in [-0.15, -0.1) is 0 Å². The van der Waals surface area contributed by atoms with Crippen LogP contribution in [-0.2, 0) is 9.59 Å². The summed E-state index contributed by atoms with van der Waals surface area (Å²) in [4.78, 5) is 33.9. The third-order valence-electron chi connectivity index (χ3n) is 6.45. The Morgan fingerprint density at radius 2 is 2.00 bits per heavy atom. The number of carboxylic acid groups (broad SMARTS) is 1. The van der Waals surface area contributed by atoms with Crippen LogP contribution < -0.4 is 5.32 Å². The molecule has 7 heteroatoms. The third-order valence-corrected chi connectivity index (χ3v) is 6.45. The largest absolute Gasteiger partial charge is 0.481 e. The normalized spacial score (nSPS) is 17.3. The van der Waals surface area contributed by atoms with Gasteiger partial charge < -0.3 is 20.3 Å². The van der Waals surface area contributed by atoms with Crippen LogP contribution in [0.5, 0.6) is 0 Å². The highest BCUT2D eigenvalue weighted by Crippen LogP contribution is 2.26. The van der Waals surface area contributed by atoms with E-state index < -0.39 is 5.97 Å². The maximum atomic E-state index is 12.9. The maximum absolute atomic E-state index is 12.9. The molecule has 1 amide bonds. The molecule has 1 fully saturated rings. The van der Waals surface area contributed by atoms with Gasteiger partial charge in [0, 0.05) is 18.5 Å². The zero-order valence-electron chi connectivity index (χ0n) is 19.1. The van der Waals surface area contributed by atoms with Crippen LogP contribution in [0.15, 0.2) is 48.7 Å². The number of H-pyrrole nitrogens is 1. The topological polar surface area (TPSA) is 98.3 Å². The molecule has 0 bridgehead atoms. The number of aromatic nitrogens is 2. The first-order valence-corrected chi connectivity index (χ1v) is 11.7.